The SMILES string of the molecule is CCOC(=O)N(CC(=O)OC(=O)CN(C(=O)OCC)c1cc(Cl)c(Oc2ccc(O)c(C(C)CC)c2)c(Cl)c1)c1cc(Cl)c(Oc2ccc(O)c(C(C)C)c2)c(Cl)c1. The molecule has 310 valence electrons. The van der Waals surface area contributed by atoms with Gasteiger partial charge in [-0.1, -0.05) is 74.1 Å². The van der Waals surface area contributed by atoms with Crippen LogP contribution in [-0.4, -0.2) is 60.6 Å². The van der Waals surface area contributed by atoms with Crippen LogP contribution < -0.4 is 19.3 Å². The Morgan fingerprint density at radius 1 is 0.603 bits per heavy atom. The first-order chi connectivity index (χ1) is 27.5. The number of hydrogen-bond donors (Lipinski definition) is 2. The predicted octanol–water partition coefficient (Wildman–Crippen LogP) is 11.6. The number of carbonyl (C=O) groups is 4. The number of phenolic OH excluding ortho intramolecular Hbond substituents is 2. The quantitative estimate of drug-likeness (QED) is 0.0664. The molecule has 0 heterocycles. The smallest absolute Gasteiger partial charge is 0.414 e. The minimum atomic E-state index is -1.20. The molecule has 2 N–H and O–H groups in total. The van der Waals surface area contributed by atoms with E-state index >= 15 is 0 Å². The highest BCUT2D eigenvalue weighted by Gasteiger charge is 2.29. The normalized spacial score (nSPS) is 11.4. The van der Waals surface area contributed by atoms with Gasteiger partial charge in [0.05, 0.1) is 44.7 Å². The van der Waals surface area contributed by atoms with Gasteiger partial charge in [0.2, 0.25) is 0 Å². The van der Waals surface area contributed by atoms with Crippen LogP contribution in [0.4, 0.5) is 21.0 Å². The van der Waals surface area contributed by atoms with Gasteiger partial charge < -0.3 is 33.9 Å². The second-order valence-corrected chi connectivity index (χ2v) is 14.6. The molecule has 0 aromatic heterocycles. The molecule has 4 aromatic carbocycles. The van der Waals surface area contributed by atoms with Crippen LogP contribution in [0.1, 0.15) is 70.9 Å². The number of ether oxygens (including phenoxy) is 5. The molecule has 17 heteroatoms. The van der Waals surface area contributed by atoms with Crippen molar-refractivity contribution in [2.45, 2.75) is 59.8 Å². The van der Waals surface area contributed by atoms with Crippen molar-refractivity contribution in [2.75, 3.05) is 36.1 Å². The van der Waals surface area contributed by atoms with Crippen LogP contribution in [0.5, 0.6) is 34.5 Å². The van der Waals surface area contributed by atoms with Gasteiger partial charge in [-0.15, -0.1) is 0 Å². The first-order valence-electron chi connectivity index (χ1n) is 18.1. The molecule has 0 aliphatic carbocycles. The molecule has 2 amide bonds. The average molecular weight is 881 g/mol. The third-order valence-electron chi connectivity index (χ3n) is 8.57. The van der Waals surface area contributed by atoms with E-state index in [0.717, 1.165) is 16.2 Å². The van der Waals surface area contributed by atoms with Gasteiger partial charge >= 0.3 is 24.1 Å². The second-order valence-electron chi connectivity index (χ2n) is 13.0. The van der Waals surface area contributed by atoms with Gasteiger partial charge in [0.1, 0.15) is 36.1 Å². The van der Waals surface area contributed by atoms with Gasteiger partial charge in [-0.05, 0) is 92.8 Å². The van der Waals surface area contributed by atoms with Crippen molar-refractivity contribution in [2.24, 2.45) is 0 Å². The maximum atomic E-state index is 13.2. The van der Waals surface area contributed by atoms with Crippen molar-refractivity contribution in [3.8, 4) is 34.5 Å². The molecule has 0 spiro atoms. The number of halogens is 4. The highest BCUT2D eigenvalue weighted by Crippen LogP contribution is 2.43. The molecule has 0 fully saturated rings. The number of aromatic hydroxyl groups is 2. The lowest BCUT2D eigenvalue weighted by Gasteiger charge is -2.24. The van der Waals surface area contributed by atoms with Crippen molar-refractivity contribution >= 4 is 81.9 Å². The molecule has 0 aliphatic rings. The standard InChI is InChI=1S/C41H42Cl4N2O11/c1-7-23(6)29-19-27(11-13-35(29)49)57-39-32(44)16-25(17-33(39)45)47(41(53)55-9-3)21-37(51)58-36(50)20-46(40(52)54-8-2)24-14-30(42)38(31(43)15-24)56-26-10-12-34(48)28(18-26)22(4)5/h10-19,22-23,48-49H,7-9,20-21H2,1-6H3. The van der Waals surface area contributed by atoms with Gasteiger partial charge in [-0.3, -0.25) is 9.80 Å². The molecule has 0 saturated carbocycles. The largest absolute Gasteiger partial charge is 0.508 e. The number of nitrogens with zero attached hydrogens (tertiary/aromatic N) is 2. The monoisotopic (exact) mass is 878 g/mol. The minimum absolute atomic E-state index is 0.00178. The van der Waals surface area contributed by atoms with Crippen LogP contribution in [0.25, 0.3) is 0 Å². The lowest BCUT2D eigenvalue weighted by molar-refractivity contribution is -0.157. The highest BCUT2D eigenvalue weighted by molar-refractivity contribution is 6.38. The Morgan fingerprint density at radius 3 is 1.34 bits per heavy atom. The van der Waals surface area contributed by atoms with Crippen molar-refractivity contribution in [3.63, 3.8) is 0 Å². The Morgan fingerprint density at radius 2 is 0.983 bits per heavy atom. The topological polar surface area (TPSA) is 161 Å². The zero-order valence-corrected chi connectivity index (χ0v) is 35.5. The molecule has 0 saturated heterocycles. The highest BCUT2D eigenvalue weighted by atomic mass is 35.5. The summed E-state index contributed by atoms with van der Waals surface area (Å²) in [5.74, 6) is -1.44. The average Bonchev–Trinajstić information content (AvgIpc) is 3.16. The van der Waals surface area contributed by atoms with Crippen LogP contribution in [0.2, 0.25) is 20.1 Å². The molecular weight excluding hydrogens is 838 g/mol. The maximum absolute atomic E-state index is 13.2. The van der Waals surface area contributed by atoms with E-state index in [2.05, 4.69) is 0 Å². The summed E-state index contributed by atoms with van der Waals surface area (Å²) in [5.41, 5.74) is 1.30. The number of phenols is 2. The van der Waals surface area contributed by atoms with Crippen LogP contribution in [-0.2, 0) is 23.8 Å². The number of carbonyl (C=O) groups excluding carboxylic acids is 4. The van der Waals surface area contributed by atoms with E-state index in [1.165, 1.54) is 48.5 Å². The number of hydrogen-bond acceptors (Lipinski definition) is 11. The molecular formula is C41H42Cl4N2O11. The summed E-state index contributed by atoms with van der Waals surface area (Å²) >= 11 is 26.2. The van der Waals surface area contributed by atoms with E-state index in [-0.39, 0.29) is 79.5 Å². The predicted molar refractivity (Wildman–Crippen MR) is 222 cm³/mol. The molecule has 0 aliphatic heterocycles. The summed E-state index contributed by atoms with van der Waals surface area (Å²) < 4.78 is 27.2. The lowest BCUT2D eigenvalue weighted by Crippen LogP contribution is -2.40. The number of benzene rings is 4. The summed E-state index contributed by atoms with van der Waals surface area (Å²) in [6, 6.07) is 14.5. The van der Waals surface area contributed by atoms with Crippen molar-refractivity contribution in [1.29, 1.82) is 0 Å². The molecule has 1 unspecified atom stereocenters. The minimum Gasteiger partial charge on any atom is -0.508 e. The number of amides is 2. The summed E-state index contributed by atoms with van der Waals surface area (Å²) in [6.45, 7) is 9.03. The third kappa shape index (κ3) is 11.5. The fourth-order valence-corrected chi connectivity index (χ4v) is 6.59. The van der Waals surface area contributed by atoms with E-state index in [4.69, 9.17) is 70.1 Å². The van der Waals surface area contributed by atoms with E-state index in [1.807, 2.05) is 27.7 Å². The first kappa shape index (κ1) is 45.6. The fourth-order valence-electron chi connectivity index (χ4n) is 5.48. The summed E-state index contributed by atoms with van der Waals surface area (Å²) in [7, 11) is 0. The Hall–Kier alpha value is -5.08. The van der Waals surface area contributed by atoms with Gasteiger partial charge in [0.25, 0.3) is 0 Å². The van der Waals surface area contributed by atoms with Crippen LogP contribution in [0.3, 0.4) is 0 Å². The first-order valence-corrected chi connectivity index (χ1v) is 19.6. The summed E-state index contributed by atoms with van der Waals surface area (Å²) in [5, 5.41) is 20.3. The fraction of sp³-hybridized carbons (Fsp3) is 0.317. The molecule has 1 atom stereocenters. The van der Waals surface area contributed by atoms with Gasteiger partial charge in [-0.25, -0.2) is 19.2 Å². The van der Waals surface area contributed by atoms with Gasteiger partial charge in [-0.2, -0.15) is 0 Å². The Labute approximate surface area is 355 Å². The molecule has 13 nitrogen and oxygen atoms in total. The van der Waals surface area contributed by atoms with E-state index < -0.39 is 37.2 Å². The Bertz CT molecular complexity index is 2120. The molecule has 0 radical (unpaired) electrons. The van der Waals surface area contributed by atoms with E-state index in [1.54, 1.807) is 26.0 Å². The zero-order chi connectivity index (χ0) is 42.8. The van der Waals surface area contributed by atoms with Crippen molar-refractivity contribution in [3.05, 3.63) is 91.9 Å². The third-order valence-corrected chi connectivity index (χ3v) is 9.69. The number of esters is 2. The second kappa shape index (κ2) is 20.6. The van der Waals surface area contributed by atoms with Gasteiger partial charge in [0, 0.05) is 11.1 Å². The summed E-state index contributed by atoms with van der Waals surface area (Å²) in [6.07, 6.45) is -1.21. The Balaban J connectivity index is 1.53. The maximum Gasteiger partial charge on any atom is 0.414 e. The molecule has 0 bridgehead atoms. The van der Waals surface area contributed by atoms with Crippen LogP contribution in [0, 0.1) is 0 Å². The Kier molecular flexibility index (Phi) is 16.2. The van der Waals surface area contributed by atoms with Crippen molar-refractivity contribution in [1.82, 2.24) is 0 Å². The molecule has 4 rings (SSSR count). The van der Waals surface area contributed by atoms with E-state index in [0.29, 0.717) is 22.6 Å². The zero-order valence-electron chi connectivity index (χ0n) is 32.4. The van der Waals surface area contributed by atoms with Crippen molar-refractivity contribution < 1.29 is 53.1 Å². The van der Waals surface area contributed by atoms with E-state index in [9.17, 15) is 29.4 Å². The lowest BCUT2D eigenvalue weighted by atomic mass is 9.97. The van der Waals surface area contributed by atoms with Crippen LogP contribution >= 0.6 is 46.4 Å². The van der Waals surface area contributed by atoms with Crippen LogP contribution in [0.15, 0.2) is 60.7 Å². The molecule has 58 heavy (non-hydrogen) atoms. The number of anilines is 2. The summed E-state index contributed by atoms with van der Waals surface area (Å²) in [4.78, 5) is 54.2. The molecule has 4 aromatic rings. The number of rotatable bonds is 15. The van der Waals surface area contributed by atoms with Gasteiger partial charge in [0.15, 0.2) is 11.5 Å².